The monoisotopic (exact) mass is 519 g/mol. The van der Waals surface area contributed by atoms with Gasteiger partial charge in [-0.1, -0.05) is 24.4 Å². The summed E-state index contributed by atoms with van der Waals surface area (Å²) >= 11 is 6.69. The Hall–Kier alpha value is -3.44. The fourth-order valence-electron chi connectivity index (χ4n) is 4.08. The van der Waals surface area contributed by atoms with Crippen molar-refractivity contribution < 1.29 is 23.2 Å². The summed E-state index contributed by atoms with van der Waals surface area (Å²) < 4.78 is 23.6. The molecular formula is C23H23ClFN5O4S. The van der Waals surface area contributed by atoms with Gasteiger partial charge in [0, 0.05) is 11.7 Å². The van der Waals surface area contributed by atoms with Gasteiger partial charge in [0.15, 0.2) is 11.7 Å². The van der Waals surface area contributed by atoms with Crippen molar-refractivity contribution in [3.63, 3.8) is 0 Å². The number of aromatic nitrogens is 1. The van der Waals surface area contributed by atoms with Crippen LogP contribution in [0.3, 0.4) is 0 Å². The molecule has 5 N–H and O–H groups in total. The molecule has 0 saturated heterocycles. The summed E-state index contributed by atoms with van der Waals surface area (Å²) in [7, 11) is 0. The van der Waals surface area contributed by atoms with E-state index in [1.54, 1.807) is 19.1 Å². The maximum Gasteiger partial charge on any atom is 0.273 e. The number of aryl methyl sites for hydroxylation is 1. The number of hydrogen-bond donors (Lipinski definition) is 3. The molecule has 4 rings (SSSR count). The molecule has 3 aromatic rings. The number of nitrogens with zero attached hydrogens (tertiary/aromatic N) is 2. The molecule has 0 radical (unpaired) electrons. The lowest BCUT2D eigenvalue weighted by molar-refractivity contribution is -0.123. The second-order valence-corrected chi connectivity index (χ2v) is 9.43. The molecule has 1 aliphatic rings. The summed E-state index contributed by atoms with van der Waals surface area (Å²) in [6.45, 7) is 1.71. The first-order valence-electron chi connectivity index (χ1n) is 10.9. The van der Waals surface area contributed by atoms with Crippen LogP contribution in [0.2, 0.25) is 5.02 Å². The summed E-state index contributed by atoms with van der Waals surface area (Å²) in [5, 5.41) is 2.74. The minimum Gasteiger partial charge on any atom is -0.464 e. The van der Waals surface area contributed by atoms with E-state index in [0.717, 1.165) is 36.6 Å². The third kappa shape index (κ3) is 5.01. The van der Waals surface area contributed by atoms with E-state index >= 15 is 0 Å². The standard InChI is InChI=1S/C23H23ClFN5O4S/c1-11-6-9-16(34-11)19(22(32)28-12-4-2-3-5-12)30(13-7-8-15(25)14(24)10-13)23(33)20-17(26)18(21(27)31)29-35-20/h6-10,12,19H,2-5,26H2,1H3,(H2,27,31)(H,28,32). The smallest absolute Gasteiger partial charge is 0.273 e. The highest BCUT2D eigenvalue weighted by Gasteiger charge is 2.39. The molecule has 0 aliphatic heterocycles. The molecule has 1 aromatic carbocycles. The highest BCUT2D eigenvalue weighted by atomic mass is 35.5. The Kier molecular flexibility index (Phi) is 7.08. The van der Waals surface area contributed by atoms with Gasteiger partial charge < -0.3 is 21.2 Å². The lowest BCUT2D eigenvalue weighted by Crippen LogP contribution is -2.46. The number of benzene rings is 1. The number of amides is 3. The number of nitrogen functional groups attached to an aromatic ring is 1. The van der Waals surface area contributed by atoms with E-state index in [1.807, 2.05) is 0 Å². The lowest BCUT2D eigenvalue weighted by atomic mass is 10.1. The van der Waals surface area contributed by atoms with Gasteiger partial charge in [-0.2, -0.15) is 4.37 Å². The molecule has 2 heterocycles. The predicted octanol–water partition coefficient (Wildman–Crippen LogP) is 3.97. The van der Waals surface area contributed by atoms with E-state index in [2.05, 4.69) is 9.69 Å². The van der Waals surface area contributed by atoms with E-state index in [9.17, 15) is 18.8 Å². The van der Waals surface area contributed by atoms with Crippen LogP contribution in [-0.4, -0.2) is 28.1 Å². The van der Waals surface area contributed by atoms with E-state index in [-0.39, 0.29) is 38.8 Å². The molecular weight excluding hydrogens is 497 g/mol. The number of carbonyl (C=O) groups is 3. The van der Waals surface area contributed by atoms with Crippen molar-refractivity contribution in [3.05, 3.63) is 63.3 Å². The minimum atomic E-state index is -1.28. The van der Waals surface area contributed by atoms with Crippen molar-refractivity contribution in [1.29, 1.82) is 0 Å². The largest absolute Gasteiger partial charge is 0.464 e. The number of rotatable bonds is 7. The van der Waals surface area contributed by atoms with Gasteiger partial charge in [-0.3, -0.25) is 19.3 Å². The van der Waals surface area contributed by atoms with Gasteiger partial charge >= 0.3 is 0 Å². The second kappa shape index (κ2) is 10.0. The maximum absolute atomic E-state index is 14.0. The minimum absolute atomic E-state index is 0.0512. The molecule has 1 fully saturated rings. The molecule has 1 atom stereocenters. The van der Waals surface area contributed by atoms with E-state index in [4.69, 9.17) is 27.5 Å². The van der Waals surface area contributed by atoms with Crippen LogP contribution in [0.15, 0.2) is 34.7 Å². The third-order valence-corrected chi connectivity index (χ3v) is 6.94. The van der Waals surface area contributed by atoms with Gasteiger partial charge in [0.2, 0.25) is 0 Å². The zero-order valence-corrected chi connectivity index (χ0v) is 20.3. The zero-order valence-electron chi connectivity index (χ0n) is 18.7. The Morgan fingerprint density at radius 2 is 1.97 bits per heavy atom. The topological polar surface area (TPSA) is 145 Å². The summed E-state index contributed by atoms with van der Waals surface area (Å²) in [6.07, 6.45) is 3.60. The van der Waals surface area contributed by atoms with Crippen LogP contribution in [0.5, 0.6) is 0 Å². The van der Waals surface area contributed by atoms with E-state index in [0.29, 0.717) is 17.3 Å². The van der Waals surface area contributed by atoms with Crippen LogP contribution in [-0.2, 0) is 4.79 Å². The molecule has 1 unspecified atom stereocenters. The fourth-order valence-corrected chi connectivity index (χ4v) is 5.00. The maximum atomic E-state index is 14.0. The SMILES string of the molecule is Cc1ccc(C(C(=O)NC2CCCC2)N(C(=O)c2snc(C(N)=O)c2N)c2ccc(F)c(Cl)c2)o1. The van der Waals surface area contributed by atoms with Crippen molar-refractivity contribution in [2.24, 2.45) is 5.73 Å². The number of anilines is 2. The molecule has 0 bridgehead atoms. The molecule has 12 heteroatoms. The van der Waals surface area contributed by atoms with E-state index in [1.165, 1.54) is 12.1 Å². The average molecular weight is 520 g/mol. The quantitative estimate of drug-likeness (QED) is 0.430. The molecule has 2 aromatic heterocycles. The van der Waals surface area contributed by atoms with Crippen molar-refractivity contribution >= 4 is 52.2 Å². The van der Waals surface area contributed by atoms with Gasteiger partial charge in [0.25, 0.3) is 17.7 Å². The number of halogens is 2. The summed E-state index contributed by atoms with van der Waals surface area (Å²) in [6, 6.07) is 5.55. The Balaban J connectivity index is 1.85. The molecule has 35 heavy (non-hydrogen) atoms. The van der Waals surface area contributed by atoms with Crippen molar-refractivity contribution in [2.75, 3.05) is 10.6 Å². The summed E-state index contributed by atoms with van der Waals surface area (Å²) in [5.41, 5.74) is 11.0. The lowest BCUT2D eigenvalue weighted by Gasteiger charge is -2.30. The Bertz CT molecular complexity index is 1290. The highest BCUT2D eigenvalue weighted by molar-refractivity contribution is 7.09. The van der Waals surface area contributed by atoms with Gasteiger partial charge in [0.05, 0.1) is 10.7 Å². The van der Waals surface area contributed by atoms with Crippen molar-refractivity contribution in [2.45, 2.75) is 44.7 Å². The van der Waals surface area contributed by atoms with Gasteiger partial charge in [0.1, 0.15) is 22.2 Å². The van der Waals surface area contributed by atoms with Crippen LogP contribution in [0.4, 0.5) is 15.8 Å². The van der Waals surface area contributed by atoms with E-state index < -0.39 is 29.6 Å². The molecule has 3 amide bonds. The van der Waals surface area contributed by atoms with Crippen LogP contribution in [0, 0.1) is 12.7 Å². The highest BCUT2D eigenvalue weighted by Crippen LogP contribution is 2.35. The molecule has 184 valence electrons. The normalized spacial score (nSPS) is 14.6. The Morgan fingerprint density at radius 1 is 1.26 bits per heavy atom. The van der Waals surface area contributed by atoms with Crippen LogP contribution < -0.4 is 21.7 Å². The van der Waals surface area contributed by atoms with Crippen LogP contribution in [0.25, 0.3) is 0 Å². The number of primary amides is 1. The number of nitrogens with one attached hydrogen (secondary N) is 1. The summed E-state index contributed by atoms with van der Waals surface area (Å²) in [5.74, 6) is -2.13. The first kappa shape index (κ1) is 24.7. The third-order valence-electron chi connectivity index (χ3n) is 5.79. The van der Waals surface area contributed by atoms with Gasteiger partial charge in [-0.05, 0) is 61.6 Å². The molecule has 1 saturated carbocycles. The number of carbonyl (C=O) groups excluding carboxylic acids is 3. The van der Waals surface area contributed by atoms with Gasteiger partial charge in [-0.25, -0.2) is 4.39 Å². The fraction of sp³-hybridized carbons (Fsp3) is 0.304. The number of nitrogens with two attached hydrogens (primary N) is 2. The first-order valence-corrected chi connectivity index (χ1v) is 12.0. The number of hydrogen-bond acceptors (Lipinski definition) is 7. The summed E-state index contributed by atoms with van der Waals surface area (Å²) in [4.78, 5) is 40.2. The predicted molar refractivity (Wildman–Crippen MR) is 130 cm³/mol. The van der Waals surface area contributed by atoms with Crippen LogP contribution in [0.1, 0.15) is 63.4 Å². The van der Waals surface area contributed by atoms with Gasteiger partial charge in [-0.15, -0.1) is 0 Å². The number of furan rings is 1. The molecule has 9 nitrogen and oxygen atoms in total. The molecule has 1 aliphatic carbocycles. The van der Waals surface area contributed by atoms with Crippen LogP contribution >= 0.6 is 23.1 Å². The zero-order chi connectivity index (χ0) is 25.3. The Morgan fingerprint density at radius 3 is 2.54 bits per heavy atom. The second-order valence-electron chi connectivity index (χ2n) is 8.25. The Labute approximate surface area is 209 Å². The average Bonchev–Trinajstić information content (AvgIpc) is 3.55. The molecule has 0 spiro atoms. The van der Waals surface area contributed by atoms with Crippen molar-refractivity contribution in [3.8, 4) is 0 Å². The van der Waals surface area contributed by atoms with Crippen molar-refractivity contribution in [1.82, 2.24) is 9.69 Å². The first-order chi connectivity index (χ1) is 16.7.